The maximum absolute atomic E-state index is 9.72. The Hall–Kier alpha value is -1.62. The Labute approximate surface area is 135 Å². The number of hydrogen-bond donors (Lipinski definition) is 1. The largest absolute Gasteiger partial charge is 0.391 e. The molecule has 0 aliphatic carbocycles. The van der Waals surface area contributed by atoms with Crippen molar-refractivity contribution in [2.45, 2.75) is 6.61 Å². The summed E-state index contributed by atoms with van der Waals surface area (Å²) in [5.41, 5.74) is 2.84. The van der Waals surface area contributed by atoms with Gasteiger partial charge in [-0.3, -0.25) is 0 Å². The molecule has 5 heteroatoms. The number of aliphatic hydroxyl groups excluding tert-OH is 1. The summed E-state index contributed by atoms with van der Waals surface area (Å²) >= 11 is 9.62. The van der Waals surface area contributed by atoms with Gasteiger partial charge in [0.1, 0.15) is 5.69 Å². The first kappa shape index (κ1) is 14.3. The molecule has 3 nitrogen and oxygen atoms in total. The Kier molecular flexibility index (Phi) is 4.10. The van der Waals surface area contributed by atoms with Crippen molar-refractivity contribution in [3.05, 3.63) is 63.6 Å². The zero-order valence-electron chi connectivity index (χ0n) is 10.9. The Bertz CT molecular complexity index is 785. The highest BCUT2D eigenvalue weighted by molar-refractivity contribution is 9.10. The fourth-order valence-electron chi connectivity index (χ4n) is 2.18. The van der Waals surface area contributed by atoms with Gasteiger partial charge in [-0.05, 0) is 24.3 Å². The topological polar surface area (TPSA) is 46.3 Å². The molecule has 0 amide bonds. The lowest BCUT2D eigenvalue weighted by atomic mass is 10.0. The van der Waals surface area contributed by atoms with Crippen molar-refractivity contribution in [3.63, 3.8) is 0 Å². The fraction of sp³-hybridized carbons (Fsp3) is 0.0625. The molecule has 0 atom stereocenters. The number of rotatable bonds is 3. The van der Waals surface area contributed by atoms with Gasteiger partial charge < -0.3 is 9.63 Å². The second-order valence-corrected chi connectivity index (χ2v) is 5.81. The van der Waals surface area contributed by atoms with Crippen LogP contribution in [0.3, 0.4) is 0 Å². The minimum Gasteiger partial charge on any atom is -0.391 e. The number of benzene rings is 2. The second-order valence-electron chi connectivity index (χ2n) is 4.49. The molecule has 0 bridgehead atoms. The average molecular weight is 365 g/mol. The van der Waals surface area contributed by atoms with Gasteiger partial charge in [-0.2, -0.15) is 0 Å². The summed E-state index contributed by atoms with van der Waals surface area (Å²) in [6, 6.07) is 15.0. The van der Waals surface area contributed by atoms with Crippen molar-refractivity contribution in [1.29, 1.82) is 0 Å². The second kappa shape index (κ2) is 6.02. The van der Waals surface area contributed by atoms with Gasteiger partial charge in [0.05, 0.1) is 17.2 Å². The highest BCUT2D eigenvalue weighted by Gasteiger charge is 2.19. The van der Waals surface area contributed by atoms with E-state index < -0.39 is 0 Å². The van der Waals surface area contributed by atoms with Crippen LogP contribution in [0.5, 0.6) is 0 Å². The van der Waals surface area contributed by atoms with Crippen LogP contribution in [-0.4, -0.2) is 10.3 Å². The standard InChI is InChI=1S/C16H11BrClNO2/c17-11-5-3-4-10(8-11)15-13(9-20)16(21-19-15)12-6-1-2-7-14(12)18/h1-8,20H,9H2. The zero-order chi connectivity index (χ0) is 14.8. The number of nitrogens with zero attached hydrogens (tertiary/aromatic N) is 1. The van der Waals surface area contributed by atoms with Crippen LogP contribution in [0.25, 0.3) is 22.6 Å². The van der Waals surface area contributed by atoms with Gasteiger partial charge in [0.2, 0.25) is 0 Å². The lowest BCUT2D eigenvalue weighted by Gasteiger charge is -2.03. The summed E-state index contributed by atoms with van der Waals surface area (Å²) < 4.78 is 6.37. The van der Waals surface area contributed by atoms with E-state index in [1.807, 2.05) is 42.5 Å². The molecule has 0 saturated carbocycles. The Morgan fingerprint density at radius 1 is 1.14 bits per heavy atom. The number of hydrogen-bond acceptors (Lipinski definition) is 3. The Morgan fingerprint density at radius 3 is 2.67 bits per heavy atom. The van der Waals surface area contributed by atoms with E-state index in [0.717, 1.165) is 15.6 Å². The number of aliphatic hydroxyl groups is 1. The van der Waals surface area contributed by atoms with Crippen LogP contribution in [0, 0.1) is 0 Å². The molecule has 0 fully saturated rings. The summed E-state index contributed by atoms with van der Waals surface area (Å²) in [5, 5.41) is 14.4. The van der Waals surface area contributed by atoms with E-state index in [1.54, 1.807) is 6.07 Å². The molecule has 2 aromatic carbocycles. The van der Waals surface area contributed by atoms with Gasteiger partial charge in [0, 0.05) is 15.6 Å². The third kappa shape index (κ3) is 2.75. The molecular formula is C16H11BrClNO2. The molecule has 1 N–H and O–H groups in total. The van der Waals surface area contributed by atoms with E-state index in [2.05, 4.69) is 21.1 Å². The lowest BCUT2D eigenvalue weighted by molar-refractivity contribution is 0.281. The van der Waals surface area contributed by atoms with Crippen molar-refractivity contribution < 1.29 is 9.63 Å². The SMILES string of the molecule is OCc1c(-c2cccc(Br)c2)noc1-c1ccccc1Cl. The van der Waals surface area contributed by atoms with Crippen LogP contribution in [0.1, 0.15) is 5.56 Å². The average Bonchev–Trinajstić information content (AvgIpc) is 2.91. The monoisotopic (exact) mass is 363 g/mol. The third-order valence-corrected chi connectivity index (χ3v) is 3.99. The van der Waals surface area contributed by atoms with Crippen molar-refractivity contribution in [1.82, 2.24) is 5.16 Å². The van der Waals surface area contributed by atoms with Crippen LogP contribution < -0.4 is 0 Å². The molecule has 0 saturated heterocycles. The predicted octanol–water partition coefficient (Wildman–Crippen LogP) is 4.92. The summed E-state index contributed by atoms with van der Waals surface area (Å²) in [6.07, 6.45) is 0. The molecule has 0 radical (unpaired) electrons. The molecule has 3 rings (SSSR count). The van der Waals surface area contributed by atoms with Crippen LogP contribution in [0.15, 0.2) is 57.5 Å². The maximum atomic E-state index is 9.72. The maximum Gasteiger partial charge on any atom is 0.174 e. The quantitative estimate of drug-likeness (QED) is 0.718. The predicted molar refractivity (Wildman–Crippen MR) is 86.0 cm³/mol. The number of halogens is 2. The van der Waals surface area contributed by atoms with E-state index in [0.29, 0.717) is 22.0 Å². The van der Waals surface area contributed by atoms with Crippen molar-refractivity contribution in [2.75, 3.05) is 0 Å². The van der Waals surface area contributed by atoms with Gasteiger partial charge in [0.25, 0.3) is 0 Å². The Balaban J connectivity index is 2.16. The molecule has 3 aromatic rings. The molecule has 0 unspecified atom stereocenters. The third-order valence-electron chi connectivity index (χ3n) is 3.16. The minimum atomic E-state index is -0.175. The zero-order valence-corrected chi connectivity index (χ0v) is 13.2. The minimum absolute atomic E-state index is 0.175. The van der Waals surface area contributed by atoms with Crippen LogP contribution >= 0.6 is 27.5 Å². The van der Waals surface area contributed by atoms with Crippen molar-refractivity contribution in [3.8, 4) is 22.6 Å². The molecule has 1 aromatic heterocycles. The molecule has 1 heterocycles. The number of aromatic nitrogens is 1. The van der Waals surface area contributed by atoms with Gasteiger partial charge in [0.15, 0.2) is 5.76 Å². The molecule has 0 aliphatic rings. The first-order chi connectivity index (χ1) is 10.2. The fourth-order valence-corrected chi connectivity index (χ4v) is 2.80. The van der Waals surface area contributed by atoms with Gasteiger partial charge in [-0.1, -0.05) is 57.0 Å². The molecule has 21 heavy (non-hydrogen) atoms. The normalized spacial score (nSPS) is 10.8. The molecular weight excluding hydrogens is 354 g/mol. The summed E-state index contributed by atoms with van der Waals surface area (Å²) in [7, 11) is 0. The summed E-state index contributed by atoms with van der Waals surface area (Å²) in [4.78, 5) is 0. The van der Waals surface area contributed by atoms with E-state index in [4.69, 9.17) is 16.1 Å². The summed E-state index contributed by atoms with van der Waals surface area (Å²) in [6.45, 7) is -0.175. The van der Waals surface area contributed by atoms with Crippen molar-refractivity contribution in [2.24, 2.45) is 0 Å². The molecule has 106 valence electrons. The van der Waals surface area contributed by atoms with Crippen molar-refractivity contribution >= 4 is 27.5 Å². The van der Waals surface area contributed by atoms with Crippen LogP contribution in [-0.2, 0) is 6.61 Å². The smallest absolute Gasteiger partial charge is 0.174 e. The Morgan fingerprint density at radius 2 is 1.95 bits per heavy atom. The van der Waals surface area contributed by atoms with E-state index in [-0.39, 0.29) is 6.61 Å². The molecule has 0 spiro atoms. The van der Waals surface area contributed by atoms with Gasteiger partial charge >= 0.3 is 0 Å². The first-order valence-electron chi connectivity index (χ1n) is 6.31. The van der Waals surface area contributed by atoms with E-state index in [9.17, 15) is 5.11 Å². The molecule has 0 aliphatic heterocycles. The van der Waals surface area contributed by atoms with Crippen LogP contribution in [0.2, 0.25) is 5.02 Å². The highest BCUT2D eigenvalue weighted by atomic mass is 79.9. The lowest BCUT2D eigenvalue weighted by Crippen LogP contribution is -1.89. The van der Waals surface area contributed by atoms with Gasteiger partial charge in [-0.15, -0.1) is 0 Å². The first-order valence-corrected chi connectivity index (χ1v) is 7.48. The summed E-state index contributed by atoms with van der Waals surface area (Å²) in [5.74, 6) is 0.498. The van der Waals surface area contributed by atoms with Crippen LogP contribution in [0.4, 0.5) is 0 Å². The van der Waals surface area contributed by atoms with E-state index in [1.165, 1.54) is 0 Å². The highest BCUT2D eigenvalue weighted by Crippen LogP contribution is 2.36. The van der Waals surface area contributed by atoms with E-state index >= 15 is 0 Å². The van der Waals surface area contributed by atoms with Gasteiger partial charge in [-0.25, -0.2) is 0 Å².